The van der Waals surface area contributed by atoms with Crippen molar-refractivity contribution in [2.24, 2.45) is 0 Å². The lowest BCUT2D eigenvalue weighted by atomic mass is 9.98. The molecule has 0 bridgehead atoms. The van der Waals surface area contributed by atoms with E-state index < -0.39 is 32.2 Å². The van der Waals surface area contributed by atoms with E-state index in [4.69, 9.17) is 9.94 Å². The third-order valence-corrected chi connectivity index (χ3v) is 9.48. The Labute approximate surface area is 216 Å². The number of hydrogen-bond donors (Lipinski definition) is 2. The minimum Gasteiger partial charge on any atom is -0.379 e. The molecule has 0 spiro atoms. The fourth-order valence-corrected chi connectivity index (χ4v) is 5.55. The third-order valence-electron chi connectivity index (χ3n) is 7.45. The second kappa shape index (κ2) is 10.9. The Balaban J connectivity index is 1.46. The number of carbonyl (C=O) groups is 2. The molecule has 1 unspecified atom stereocenters. The molecule has 11 heteroatoms. The van der Waals surface area contributed by atoms with Gasteiger partial charge in [0, 0.05) is 55.7 Å². The van der Waals surface area contributed by atoms with E-state index in [1.807, 2.05) is 24.3 Å². The number of amides is 2. The number of hydrogen-bond acceptors (Lipinski definition) is 7. The quantitative estimate of drug-likeness (QED) is 0.374. The summed E-state index contributed by atoms with van der Waals surface area (Å²) in [5.74, 6) is -2.01. The predicted molar refractivity (Wildman–Crippen MR) is 135 cm³/mol. The van der Waals surface area contributed by atoms with Crippen LogP contribution in [-0.2, 0) is 32.3 Å². The van der Waals surface area contributed by atoms with Gasteiger partial charge in [-0.05, 0) is 37.0 Å². The number of sulfone groups is 1. The number of carbonyl (C=O) groups excluding carboxylic acids is 2. The molecule has 2 aliphatic rings. The van der Waals surface area contributed by atoms with E-state index in [0.717, 1.165) is 51.1 Å². The topological polar surface area (TPSA) is 116 Å². The van der Waals surface area contributed by atoms with E-state index in [1.54, 1.807) is 12.1 Å². The predicted octanol–water partition coefficient (Wildman–Crippen LogP) is 2.02. The summed E-state index contributed by atoms with van der Waals surface area (Å²) in [4.78, 5) is 28.6. The normalized spacial score (nSPS) is 17.9. The molecule has 2 amide bonds. The molecule has 0 radical (unpaired) electrons. The minimum atomic E-state index is -3.91. The van der Waals surface area contributed by atoms with Crippen LogP contribution in [0, 0.1) is 5.82 Å². The lowest BCUT2D eigenvalue weighted by Gasteiger charge is -2.27. The van der Waals surface area contributed by atoms with Crippen LogP contribution in [0.2, 0.25) is 0 Å². The maximum absolute atomic E-state index is 15.6. The molecule has 2 aliphatic heterocycles. The van der Waals surface area contributed by atoms with E-state index in [9.17, 15) is 18.0 Å². The molecule has 2 N–H and O–H groups in total. The molecule has 0 aromatic heterocycles. The first kappa shape index (κ1) is 27.2. The summed E-state index contributed by atoms with van der Waals surface area (Å²) in [5.41, 5.74) is 4.09. The van der Waals surface area contributed by atoms with Crippen molar-refractivity contribution in [3.63, 3.8) is 0 Å². The highest BCUT2D eigenvalue weighted by Gasteiger charge is 2.44. The van der Waals surface area contributed by atoms with E-state index in [-0.39, 0.29) is 30.6 Å². The fraction of sp³-hybridized carbons (Fsp3) is 0.462. The summed E-state index contributed by atoms with van der Waals surface area (Å²) >= 11 is 0. The van der Waals surface area contributed by atoms with E-state index in [1.165, 1.54) is 17.3 Å². The molecule has 200 valence electrons. The molecule has 9 nitrogen and oxygen atoms in total. The van der Waals surface area contributed by atoms with E-state index >= 15 is 4.39 Å². The fourth-order valence-electron chi connectivity index (χ4n) is 4.71. The van der Waals surface area contributed by atoms with Crippen LogP contribution in [0.4, 0.5) is 4.39 Å². The second-order valence-corrected chi connectivity index (χ2v) is 12.2. The molecular formula is C26H32FN3O6S. The van der Waals surface area contributed by atoms with Crippen molar-refractivity contribution < 1.29 is 32.3 Å². The molecular weight excluding hydrogens is 501 g/mol. The van der Waals surface area contributed by atoms with Crippen LogP contribution in [-0.4, -0.2) is 85.6 Å². The number of morpholine rings is 1. The molecule has 2 heterocycles. The molecule has 0 saturated carbocycles. The average molecular weight is 534 g/mol. The Morgan fingerprint density at radius 1 is 1.11 bits per heavy atom. The zero-order valence-corrected chi connectivity index (χ0v) is 21.8. The van der Waals surface area contributed by atoms with Gasteiger partial charge in [-0.3, -0.25) is 19.7 Å². The van der Waals surface area contributed by atoms with Crippen molar-refractivity contribution >= 4 is 21.7 Å². The Hall–Kier alpha value is -2.86. The third kappa shape index (κ3) is 5.54. The first-order chi connectivity index (χ1) is 17.5. The van der Waals surface area contributed by atoms with Crippen LogP contribution in [0.5, 0.6) is 0 Å². The van der Waals surface area contributed by atoms with Gasteiger partial charge in [0.25, 0.3) is 11.8 Å². The standard InChI is InChI=1S/C26H32FN3O6S/c1-26(25(32)28-33,37(2,34)35)10-12-30-17-22-21(24(30)31)8-7-20(23(22)27)19-5-3-18(4-6-19)9-11-29-13-15-36-16-14-29/h3-8,33H,9-17H2,1-2H3,(H,28,32). The maximum atomic E-state index is 15.6. The zero-order chi connectivity index (χ0) is 26.8. The highest BCUT2D eigenvalue weighted by atomic mass is 32.2. The van der Waals surface area contributed by atoms with E-state index in [0.29, 0.717) is 11.1 Å². The Morgan fingerprint density at radius 3 is 2.38 bits per heavy atom. The summed E-state index contributed by atoms with van der Waals surface area (Å²) in [5, 5.41) is 9.00. The highest BCUT2D eigenvalue weighted by molar-refractivity contribution is 7.92. The lowest BCUT2D eigenvalue weighted by Crippen LogP contribution is -2.50. The number of rotatable bonds is 9. The van der Waals surface area contributed by atoms with Crippen molar-refractivity contribution in [2.45, 2.75) is 31.1 Å². The van der Waals surface area contributed by atoms with Gasteiger partial charge in [-0.2, -0.15) is 0 Å². The van der Waals surface area contributed by atoms with Crippen LogP contribution in [0.25, 0.3) is 11.1 Å². The van der Waals surface area contributed by atoms with Crippen molar-refractivity contribution in [3.05, 3.63) is 58.9 Å². The molecule has 1 saturated heterocycles. The van der Waals surface area contributed by atoms with Crippen LogP contribution < -0.4 is 5.48 Å². The molecule has 1 fully saturated rings. The monoisotopic (exact) mass is 533 g/mol. The van der Waals surface area contributed by atoms with Crippen LogP contribution in [0.15, 0.2) is 36.4 Å². The van der Waals surface area contributed by atoms with Crippen LogP contribution in [0.3, 0.4) is 0 Å². The van der Waals surface area contributed by atoms with Crippen LogP contribution >= 0.6 is 0 Å². The molecule has 2 aromatic carbocycles. The van der Waals surface area contributed by atoms with Crippen molar-refractivity contribution in [2.75, 3.05) is 45.6 Å². The largest absolute Gasteiger partial charge is 0.379 e. The summed E-state index contributed by atoms with van der Waals surface area (Å²) in [6, 6.07) is 10.9. The van der Waals surface area contributed by atoms with Gasteiger partial charge >= 0.3 is 0 Å². The van der Waals surface area contributed by atoms with Gasteiger partial charge in [0.15, 0.2) is 14.6 Å². The van der Waals surface area contributed by atoms with Gasteiger partial charge in [0.2, 0.25) is 0 Å². The number of hydroxylamine groups is 1. The number of ether oxygens (including phenoxy) is 1. The summed E-state index contributed by atoms with van der Waals surface area (Å²) in [7, 11) is -3.91. The summed E-state index contributed by atoms with van der Waals surface area (Å²) in [6.45, 7) is 5.35. The first-order valence-electron chi connectivity index (χ1n) is 12.2. The average Bonchev–Trinajstić information content (AvgIpc) is 3.22. The SMILES string of the molecule is CC(CCN1Cc2c(ccc(-c3ccc(CCN4CCOCC4)cc3)c2F)C1=O)(C(=O)NO)S(C)(=O)=O. The molecule has 0 aliphatic carbocycles. The zero-order valence-electron chi connectivity index (χ0n) is 21.0. The van der Waals surface area contributed by atoms with Crippen LogP contribution in [0.1, 0.15) is 34.8 Å². The number of nitrogens with zero attached hydrogens (tertiary/aromatic N) is 2. The van der Waals surface area contributed by atoms with Crippen molar-refractivity contribution in [1.82, 2.24) is 15.3 Å². The Morgan fingerprint density at radius 2 is 1.76 bits per heavy atom. The van der Waals surface area contributed by atoms with Crippen molar-refractivity contribution in [3.8, 4) is 11.1 Å². The molecule has 37 heavy (non-hydrogen) atoms. The molecule has 1 atom stereocenters. The van der Waals surface area contributed by atoms with Gasteiger partial charge in [-0.1, -0.05) is 30.3 Å². The number of halogens is 1. The van der Waals surface area contributed by atoms with Crippen molar-refractivity contribution in [1.29, 1.82) is 0 Å². The second-order valence-electron chi connectivity index (χ2n) is 9.77. The van der Waals surface area contributed by atoms with Gasteiger partial charge in [-0.15, -0.1) is 0 Å². The lowest BCUT2D eigenvalue weighted by molar-refractivity contribution is -0.131. The first-order valence-corrected chi connectivity index (χ1v) is 14.1. The molecule has 2 aromatic rings. The Kier molecular flexibility index (Phi) is 7.98. The summed E-state index contributed by atoms with van der Waals surface area (Å²) < 4.78 is 43.4. The smallest absolute Gasteiger partial charge is 0.264 e. The molecule has 4 rings (SSSR count). The van der Waals surface area contributed by atoms with Gasteiger partial charge < -0.3 is 9.64 Å². The minimum absolute atomic E-state index is 0.0357. The number of nitrogens with one attached hydrogen (secondary N) is 1. The number of benzene rings is 2. The maximum Gasteiger partial charge on any atom is 0.264 e. The summed E-state index contributed by atoms with van der Waals surface area (Å²) in [6.07, 6.45) is 1.53. The highest BCUT2D eigenvalue weighted by Crippen LogP contribution is 2.33. The van der Waals surface area contributed by atoms with Gasteiger partial charge in [0.05, 0.1) is 13.2 Å². The Bertz CT molecular complexity index is 1280. The van der Waals surface area contributed by atoms with E-state index in [2.05, 4.69) is 4.90 Å². The number of fused-ring (bicyclic) bond motifs is 1. The van der Waals surface area contributed by atoms with Gasteiger partial charge in [0.1, 0.15) is 5.82 Å². The van der Waals surface area contributed by atoms with Gasteiger partial charge in [-0.25, -0.2) is 18.3 Å².